The predicted octanol–water partition coefficient (Wildman–Crippen LogP) is 5.14. The fourth-order valence-corrected chi connectivity index (χ4v) is 4.04. The number of aromatic nitrogens is 1. The largest absolute Gasteiger partial charge is 0.496 e. The number of hydrogen-bond acceptors (Lipinski definition) is 4. The lowest BCUT2D eigenvalue weighted by Crippen LogP contribution is -2.30. The van der Waals surface area contributed by atoms with Crippen LogP contribution >= 0.6 is 23.6 Å². The van der Waals surface area contributed by atoms with Crippen LogP contribution in [0.15, 0.2) is 53.9 Å². The van der Waals surface area contributed by atoms with Crippen molar-refractivity contribution in [1.82, 2.24) is 9.88 Å². The van der Waals surface area contributed by atoms with Crippen LogP contribution in [0, 0.1) is 10.9 Å². The van der Waals surface area contributed by atoms with Crippen molar-refractivity contribution in [2.45, 2.75) is 26.4 Å². The molecule has 4 nitrogen and oxygen atoms in total. The molecule has 0 spiro atoms. The molecule has 0 fully saturated rings. The van der Waals surface area contributed by atoms with Gasteiger partial charge in [0.15, 0.2) is 3.95 Å². The molecule has 6 heteroatoms. The summed E-state index contributed by atoms with van der Waals surface area (Å²) >= 11 is 6.92. The summed E-state index contributed by atoms with van der Waals surface area (Å²) in [5.41, 5.74) is 4.16. The van der Waals surface area contributed by atoms with Crippen LogP contribution < -0.4 is 10.1 Å². The number of ether oxygens (including phenoxy) is 1. The van der Waals surface area contributed by atoms with Crippen molar-refractivity contribution in [3.63, 3.8) is 0 Å². The lowest BCUT2D eigenvalue weighted by Gasteiger charge is -2.18. The molecule has 0 saturated carbocycles. The van der Waals surface area contributed by atoms with Crippen LogP contribution in [0.2, 0.25) is 0 Å². The summed E-state index contributed by atoms with van der Waals surface area (Å²) in [5, 5.41) is 5.05. The molecule has 0 aliphatic heterocycles. The maximum Gasteiger partial charge on any atom is 0.240 e. The lowest BCUT2D eigenvalue weighted by molar-refractivity contribution is -0.122. The predicted molar refractivity (Wildman–Crippen MR) is 113 cm³/mol. The first-order valence-corrected chi connectivity index (χ1v) is 9.96. The van der Waals surface area contributed by atoms with Gasteiger partial charge in [0, 0.05) is 10.9 Å². The van der Waals surface area contributed by atoms with E-state index in [9.17, 15) is 4.79 Å². The summed E-state index contributed by atoms with van der Waals surface area (Å²) in [4.78, 5) is 12.7. The Balaban J connectivity index is 1.78. The Morgan fingerprint density at radius 3 is 2.63 bits per heavy atom. The van der Waals surface area contributed by atoms with E-state index in [0.29, 0.717) is 3.95 Å². The molecular formula is C21H22N2O2S2. The standard InChI is InChI=1S/C21H22N2O2S2/c1-14-8-10-16(11-9-14)18-13-27-21(26)23(18)12-20(24)22-15(2)17-6-4-5-7-19(17)25-3/h4-11,13,15H,12H2,1-3H3,(H,22,24). The average molecular weight is 399 g/mol. The maximum atomic E-state index is 12.7. The molecule has 1 aromatic heterocycles. The molecule has 3 aromatic rings. The number of carbonyl (C=O) groups excluding carboxylic acids is 1. The molecule has 0 bridgehead atoms. The fraction of sp³-hybridized carbons (Fsp3) is 0.238. The van der Waals surface area contributed by atoms with E-state index in [1.54, 1.807) is 7.11 Å². The van der Waals surface area contributed by atoms with E-state index < -0.39 is 0 Å². The van der Waals surface area contributed by atoms with Gasteiger partial charge in [0.1, 0.15) is 12.3 Å². The zero-order valence-corrected chi connectivity index (χ0v) is 17.2. The Bertz CT molecular complexity index is 990. The zero-order valence-electron chi connectivity index (χ0n) is 15.6. The van der Waals surface area contributed by atoms with Gasteiger partial charge >= 0.3 is 0 Å². The second-order valence-electron chi connectivity index (χ2n) is 6.37. The quantitative estimate of drug-likeness (QED) is 0.585. The fourth-order valence-electron chi connectivity index (χ4n) is 2.96. The Labute approximate surface area is 168 Å². The molecule has 0 saturated heterocycles. The summed E-state index contributed by atoms with van der Waals surface area (Å²) in [6.45, 7) is 4.19. The molecule has 0 radical (unpaired) electrons. The van der Waals surface area contributed by atoms with Gasteiger partial charge in [-0.15, -0.1) is 11.3 Å². The van der Waals surface area contributed by atoms with Crippen LogP contribution in [0.1, 0.15) is 24.1 Å². The van der Waals surface area contributed by atoms with Crippen molar-refractivity contribution in [2.24, 2.45) is 0 Å². The third-order valence-electron chi connectivity index (χ3n) is 4.41. The number of nitrogens with one attached hydrogen (secondary N) is 1. The monoisotopic (exact) mass is 398 g/mol. The van der Waals surface area contributed by atoms with Gasteiger partial charge in [0.25, 0.3) is 0 Å². The van der Waals surface area contributed by atoms with Gasteiger partial charge in [-0.2, -0.15) is 0 Å². The third kappa shape index (κ3) is 4.46. The van der Waals surface area contributed by atoms with E-state index in [2.05, 4.69) is 36.5 Å². The lowest BCUT2D eigenvalue weighted by atomic mass is 10.1. The van der Waals surface area contributed by atoms with Gasteiger partial charge in [0.2, 0.25) is 5.91 Å². The smallest absolute Gasteiger partial charge is 0.240 e. The third-order valence-corrected chi connectivity index (χ3v) is 5.69. The number of amides is 1. The van der Waals surface area contributed by atoms with Crippen LogP contribution in [0.5, 0.6) is 5.75 Å². The summed E-state index contributed by atoms with van der Waals surface area (Å²) in [6, 6.07) is 15.8. The number of benzene rings is 2. The molecule has 1 N–H and O–H groups in total. The van der Waals surface area contributed by atoms with Gasteiger partial charge < -0.3 is 14.6 Å². The minimum Gasteiger partial charge on any atom is -0.496 e. The molecule has 0 aliphatic rings. The van der Waals surface area contributed by atoms with Crippen molar-refractivity contribution in [2.75, 3.05) is 7.11 Å². The highest BCUT2D eigenvalue weighted by atomic mass is 32.1. The number of methoxy groups -OCH3 is 1. The molecule has 1 unspecified atom stereocenters. The molecule has 1 amide bonds. The van der Waals surface area contributed by atoms with Crippen molar-refractivity contribution in [3.05, 3.63) is 69.0 Å². The van der Waals surface area contributed by atoms with E-state index in [1.807, 2.05) is 41.1 Å². The van der Waals surface area contributed by atoms with Crippen LogP contribution in [0.3, 0.4) is 0 Å². The van der Waals surface area contributed by atoms with E-state index in [4.69, 9.17) is 17.0 Å². The van der Waals surface area contributed by atoms with Crippen molar-refractivity contribution >= 4 is 29.5 Å². The highest BCUT2D eigenvalue weighted by molar-refractivity contribution is 7.73. The molecule has 3 rings (SSSR count). The number of rotatable bonds is 6. The summed E-state index contributed by atoms with van der Waals surface area (Å²) in [6.07, 6.45) is 0. The number of para-hydroxylation sites is 1. The maximum absolute atomic E-state index is 12.7. The van der Waals surface area contributed by atoms with E-state index in [1.165, 1.54) is 16.9 Å². The van der Waals surface area contributed by atoms with Crippen molar-refractivity contribution in [1.29, 1.82) is 0 Å². The van der Waals surface area contributed by atoms with Crippen LogP contribution in [-0.4, -0.2) is 17.6 Å². The number of hydrogen-bond donors (Lipinski definition) is 1. The first kappa shape index (κ1) is 19.3. The highest BCUT2D eigenvalue weighted by Crippen LogP contribution is 2.26. The van der Waals surface area contributed by atoms with E-state index in [-0.39, 0.29) is 18.5 Å². The molecule has 0 aliphatic carbocycles. The second-order valence-corrected chi connectivity index (χ2v) is 7.87. The number of nitrogens with zero attached hydrogens (tertiary/aromatic N) is 1. The van der Waals surface area contributed by atoms with Gasteiger partial charge in [0.05, 0.1) is 18.8 Å². The van der Waals surface area contributed by atoms with Gasteiger partial charge in [-0.05, 0) is 37.7 Å². The summed E-state index contributed by atoms with van der Waals surface area (Å²) in [7, 11) is 1.63. The van der Waals surface area contributed by atoms with E-state index in [0.717, 1.165) is 22.6 Å². The topological polar surface area (TPSA) is 43.3 Å². The molecule has 1 heterocycles. The highest BCUT2D eigenvalue weighted by Gasteiger charge is 2.16. The first-order chi connectivity index (χ1) is 13.0. The van der Waals surface area contributed by atoms with Crippen molar-refractivity contribution in [3.8, 4) is 17.0 Å². The Morgan fingerprint density at radius 1 is 1.22 bits per heavy atom. The average Bonchev–Trinajstić information content (AvgIpc) is 3.02. The zero-order chi connectivity index (χ0) is 19.4. The summed E-state index contributed by atoms with van der Waals surface area (Å²) in [5.74, 6) is 0.675. The Kier molecular flexibility index (Phi) is 6.08. The molecular weight excluding hydrogens is 376 g/mol. The molecule has 140 valence electrons. The van der Waals surface area contributed by atoms with Crippen LogP contribution in [0.25, 0.3) is 11.3 Å². The molecule has 27 heavy (non-hydrogen) atoms. The minimum atomic E-state index is -0.163. The van der Waals surface area contributed by atoms with Crippen LogP contribution in [-0.2, 0) is 11.3 Å². The van der Waals surface area contributed by atoms with E-state index >= 15 is 0 Å². The summed E-state index contributed by atoms with van der Waals surface area (Å²) < 4.78 is 7.96. The Morgan fingerprint density at radius 2 is 1.93 bits per heavy atom. The van der Waals surface area contributed by atoms with Gasteiger partial charge in [-0.1, -0.05) is 48.0 Å². The second kappa shape index (κ2) is 8.50. The SMILES string of the molecule is COc1ccccc1C(C)NC(=O)Cn1c(-c2ccc(C)cc2)csc1=S. The first-order valence-electron chi connectivity index (χ1n) is 8.67. The van der Waals surface area contributed by atoms with Crippen LogP contribution in [0.4, 0.5) is 0 Å². The number of carbonyl (C=O) groups is 1. The van der Waals surface area contributed by atoms with Gasteiger partial charge in [-0.3, -0.25) is 4.79 Å². The van der Waals surface area contributed by atoms with Gasteiger partial charge in [-0.25, -0.2) is 0 Å². The molecule has 2 aromatic carbocycles. The number of aryl methyl sites for hydroxylation is 1. The minimum absolute atomic E-state index is 0.0868. The molecule has 1 atom stereocenters. The number of thiazole rings is 1. The van der Waals surface area contributed by atoms with Crippen molar-refractivity contribution < 1.29 is 9.53 Å². The Hall–Kier alpha value is -2.44. The normalized spacial score (nSPS) is 11.8.